The molecule has 3 aromatic rings. The third-order valence-electron chi connectivity index (χ3n) is 3.16. The quantitative estimate of drug-likeness (QED) is 0.756. The van der Waals surface area contributed by atoms with E-state index in [2.05, 4.69) is 15.2 Å². The lowest BCUT2D eigenvalue weighted by molar-refractivity contribution is 0.296. The van der Waals surface area contributed by atoms with Crippen LogP contribution in [-0.4, -0.2) is 27.4 Å². The van der Waals surface area contributed by atoms with E-state index in [0.29, 0.717) is 28.7 Å². The fraction of sp³-hybridized carbons (Fsp3) is 0.125. The van der Waals surface area contributed by atoms with Crippen molar-refractivity contribution < 1.29 is 19.0 Å². The highest BCUT2D eigenvalue weighted by Crippen LogP contribution is 2.29. The van der Waals surface area contributed by atoms with Gasteiger partial charge in [0.15, 0.2) is 23.1 Å². The molecule has 0 saturated heterocycles. The number of hydrogen-bond acceptors (Lipinski definition) is 5. The molecule has 0 spiro atoms. The first-order valence-corrected chi connectivity index (χ1v) is 6.83. The van der Waals surface area contributed by atoms with Gasteiger partial charge in [0.05, 0.1) is 7.11 Å². The molecule has 0 aliphatic carbocycles. The zero-order valence-electron chi connectivity index (χ0n) is 12.3. The Morgan fingerprint density at radius 1 is 1.17 bits per heavy atom. The number of nitrogens with zero attached hydrogens (tertiary/aromatic N) is 2. The highest BCUT2D eigenvalue weighted by Gasteiger charge is 2.10. The number of phenolic OH excluding ortho intramolecular Hbond substituents is 1. The van der Waals surface area contributed by atoms with Crippen LogP contribution in [0.4, 0.5) is 4.39 Å². The molecule has 0 fully saturated rings. The second kappa shape index (κ2) is 6.35. The third kappa shape index (κ3) is 3.39. The summed E-state index contributed by atoms with van der Waals surface area (Å²) >= 11 is 0. The lowest BCUT2D eigenvalue weighted by Crippen LogP contribution is -1.97. The summed E-state index contributed by atoms with van der Waals surface area (Å²) in [7, 11) is 1.47. The van der Waals surface area contributed by atoms with Gasteiger partial charge >= 0.3 is 0 Å². The SMILES string of the molecule is COc1cc(-c2n[nH]c(COc3ccc(F)cc3)n2)ccc1O. The Hall–Kier alpha value is -3.09. The van der Waals surface area contributed by atoms with Crippen LogP contribution < -0.4 is 9.47 Å². The van der Waals surface area contributed by atoms with Gasteiger partial charge in [0.1, 0.15) is 18.2 Å². The maximum absolute atomic E-state index is 12.8. The van der Waals surface area contributed by atoms with Gasteiger partial charge in [-0.3, -0.25) is 5.10 Å². The van der Waals surface area contributed by atoms with Crippen LogP contribution in [0.25, 0.3) is 11.4 Å². The Labute approximate surface area is 131 Å². The zero-order chi connectivity index (χ0) is 16.2. The summed E-state index contributed by atoms with van der Waals surface area (Å²) in [5.41, 5.74) is 0.698. The Bertz CT molecular complexity index is 803. The average Bonchev–Trinajstić information content (AvgIpc) is 3.04. The molecule has 1 heterocycles. The van der Waals surface area contributed by atoms with Crippen molar-refractivity contribution >= 4 is 0 Å². The molecule has 0 radical (unpaired) electrons. The minimum Gasteiger partial charge on any atom is -0.504 e. The smallest absolute Gasteiger partial charge is 0.181 e. The largest absolute Gasteiger partial charge is 0.504 e. The van der Waals surface area contributed by atoms with Gasteiger partial charge in [-0.15, -0.1) is 0 Å². The third-order valence-corrected chi connectivity index (χ3v) is 3.16. The number of nitrogens with one attached hydrogen (secondary N) is 1. The van der Waals surface area contributed by atoms with E-state index in [1.165, 1.54) is 37.4 Å². The molecule has 0 unspecified atom stereocenters. The molecule has 0 bridgehead atoms. The molecular formula is C16H14FN3O3. The van der Waals surface area contributed by atoms with Crippen molar-refractivity contribution in [3.8, 4) is 28.6 Å². The molecule has 2 N–H and O–H groups in total. The molecule has 3 rings (SSSR count). The van der Waals surface area contributed by atoms with Crippen molar-refractivity contribution in [3.63, 3.8) is 0 Å². The van der Waals surface area contributed by atoms with Crippen LogP contribution >= 0.6 is 0 Å². The standard InChI is InChI=1S/C16H14FN3O3/c1-22-14-8-10(2-7-13(14)21)16-18-15(19-20-16)9-23-12-5-3-11(17)4-6-12/h2-8,21H,9H2,1H3,(H,18,19,20). The van der Waals surface area contributed by atoms with E-state index in [0.717, 1.165) is 0 Å². The van der Waals surface area contributed by atoms with Gasteiger partial charge in [-0.2, -0.15) is 5.10 Å². The van der Waals surface area contributed by atoms with Crippen molar-refractivity contribution in [2.24, 2.45) is 0 Å². The van der Waals surface area contributed by atoms with Gasteiger partial charge in [0.2, 0.25) is 0 Å². The molecule has 118 valence electrons. The van der Waals surface area contributed by atoms with Gasteiger partial charge < -0.3 is 14.6 Å². The van der Waals surface area contributed by atoms with E-state index in [4.69, 9.17) is 9.47 Å². The summed E-state index contributed by atoms with van der Waals surface area (Å²) in [6.45, 7) is 0.174. The number of phenols is 1. The van der Waals surface area contributed by atoms with Crippen LogP contribution in [-0.2, 0) is 6.61 Å². The monoisotopic (exact) mass is 315 g/mol. The number of ether oxygens (including phenoxy) is 2. The number of aromatic hydroxyl groups is 1. The lowest BCUT2D eigenvalue weighted by Gasteiger charge is -2.04. The molecule has 0 aliphatic rings. The van der Waals surface area contributed by atoms with E-state index in [1.807, 2.05) is 0 Å². The van der Waals surface area contributed by atoms with Crippen LogP contribution in [0.3, 0.4) is 0 Å². The minimum atomic E-state index is -0.319. The summed E-state index contributed by atoms with van der Waals surface area (Å²) in [6, 6.07) is 10.6. The average molecular weight is 315 g/mol. The Morgan fingerprint density at radius 2 is 1.96 bits per heavy atom. The van der Waals surface area contributed by atoms with Gasteiger partial charge in [-0.25, -0.2) is 9.37 Å². The van der Waals surface area contributed by atoms with E-state index in [1.54, 1.807) is 12.1 Å². The van der Waals surface area contributed by atoms with Crippen molar-refractivity contribution in [3.05, 3.63) is 54.1 Å². The fourth-order valence-corrected chi connectivity index (χ4v) is 1.99. The molecule has 0 amide bonds. The number of methoxy groups -OCH3 is 1. The van der Waals surface area contributed by atoms with Crippen LogP contribution in [0.1, 0.15) is 5.82 Å². The summed E-state index contributed by atoms with van der Waals surface area (Å²) < 4.78 is 23.4. The van der Waals surface area contributed by atoms with Crippen molar-refractivity contribution in [1.82, 2.24) is 15.2 Å². The summed E-state index contributed by atoms with van der Waals surface area (Å²) in [4.78, 5) is 4.32. The first-order valence-electron chi connectivity index (χ1n) is 6.83. The van der Waals surface area contributed by atoms with Crippen LogP contribution in [0.2, 0.25) is 0 Å². The predicted molar refractivity (Wildman–Crippen MR) is 80.8 cm³/mol. The number of aromatic nitrogens is 3. The predicted octanol–water partition coefficient (Wildman–Crippen LogP) is 2.90. The second-order valence-electron chi connectivity index (χ2n) is 4.73. The maximum Gasteiger partial charge on any atom is 0.181 e. The molecule has 6 nitrogen and oxygen atoms in total. The van der Waals surface area contributed by atoms with E-state index in [-0.39, 0.29) is 18.2 Å². The minimum absolute atomic E-state index is 0.0478. The molecule has 0 aliphatic heterocycles. The Kier molecular flexibility index (Phi) is 4.09. The van der Waals surface area contributed by atoms with Crippen molar-refractivity contribution in [1.29, 1.82) is 0 Å². The van der Waals surface area contributed by atoms with Gasteiger partial charge in [-0.05, 0) is 42.5 Å². The number of H-pyrrole nitrogens is 1. The Morgan fingerprint density at radius 3 is 2.70 bits per heavy atom. The normalized spacial score (nSPS) is 10.5. The molecule has 0 saturated carbocycles. The molecule has 7 heteroatoms. The maximum atomic E-state index is 12.8. The number of benzene rings is 2. The van der Waals surface area contributed by atoms with Gasteiger partial charge in [-0.1, -0.05) is 0 Å². The number of halogens is 1. The molecule has 1 aromatic heterocycles. The van der Waals surface area contributed by atoms with Crippen LogP contribution in [0.15, 0.2) is 42.5 Å². The van der Waals surface area contributed by atoms with Gasteiger partial charge in [0, 0.05) is 5.56 Å². The van der Waals surface area contributed by atoms with E-state index < -0.39 is 0 Å². The molecule has 0 atom stereocenters. The van der Waals surface area contributed by atoms with E-state index in [9.17, 15) is 9.50 Å². The highest BCUT2D eigenvalue weighted by molar-refractivity contribution is 5.60. The zero-order valence-corrected chi connectivity index (χ0v) is 12.3. The molecule has 2 aromatic carbocycles. The van der Waals surface area contributed by atoms with Gasteiger partial charge in [0.25, 0.3) is 0 Å². The lowest BCUT2D eigenvalue weighted by atomic mass is 10.2. The number of aromatic amines is 1. The highest BCUT2D eigenvalue weighted by atomic mass is 19.1. The Balaban J connectivity index is 1.71. The van der Waals surface area contributed by atoms with Crippen LogP contribution in [0.5, 0.6) is 17.2 Å². The number of hydrogen-bond donors (Lipinski definition) is 2. The summed E-state index contributed by atoms with van der Waals surface area (Å²) in [5.74, 6) is 1.59. The second-order valence-corrected chi connectivity index (χ2v) is 4.73. The first kappa shape index (κ1) is 14.8. The first-order chi connectivity index (χ1) is 11.2. The molecular weight excluding hydrogens is 301 g/mol. The van der Waals surface area contributed by atoms with E-state index >= 15 is 0 Å². The van der Waals surface area contributed by atoms with Crippen molar-refractivity contribution in [2.45, 2.75) is 6.61 Å². The summed E-state index contributed by atoms with van der Waals surface area (Å²) in [5, 5.41) is 16.5. The summed E-state index contributed by atoms with van der Waals surface area (Å²) in [6.07, 6.45) is 0. The topological polar surface area (TPSA) is 80.3 Å². The number of rotatable bonds is 5. The van der Waals surface area contributed by atoms with Crippen molar-refractivity contribution in [2.75, 3.05) is 7.11 Å². The van der Waals surface area contributed by atoms with Crippen LogP contribution in [0, 0.1) is 5.82 Å². The fourth-order valence-electron chi connectivity index (χ4n) is 1.99. The molecule has 23 heavy (non-hydrogen) atoms.